The van der Waals surface area contributed by atoms with E-state index in [0.717, 1.165) is 13.1 Å². The van der Waals surface area contributed by atoms with Gasteiger partial charge in [0.25, 0.3) is 0 Å². The first kappa shape index (κ1) is 12.6. The summed E-state index contributed by atoms with van der Waals surface area (Å²) in [7, 11) is 0. The molecule has 0 fully saturated rings. The van der Waals surface area contributed by atoms with Crippen molar-refractivity contribution in [3.8, 4) is 0 Å². The molecule has 1 aromatic rings. The quantitative estimate of drug-likeness (QED) is 0.782. The van der Waals surface area contributed by atoms with Gasteiger partial charge in [-0.1, -0.05) is 20.8 Å². The number of thiazole rings is 1. The number of nitrogens with one attached hydrogen (secondary N) is 1. The molecule has 0 saturated carbocycles. The van der Waals surface area contributed by atoms with Crippen molar-refractivity contribution in [3.63, 3.8) is 0 Å². The van der Waals surface area contributed by atoms with Crippen LogP contribution in [0, 0.1) is 5.92 Å². The third kappa shape index (κ3) is 4.28. The number of aliphatic hydroxyl groups excluding tert-OH is 1. The van der Waals surface area contributed by atoms with Crippen LogP contribution in [0.5, 0.6) is 0 Å². The van der Waals surface area contributed by atoms with Crippen LogP contribution in [0.1, 0.15) is 36.6 Å². The number of nitrogens with zero attached hydrogens (tertiary/aromatic N) is 1. The third-order valence-corrected chi connectivity index (χ3v) is 3.47. The monoisotopic (exact) mass is 228 g/mol. The Labute approximate surface area is 95.6 Å². The molecule has 86 valence electrons. The Morgan fingerprint density at radius 1 is 1.47 bits per heavy atom. The van der Waals surface area contributed by atoms with Crippen molar-refractivity contribution in [1.29, 1.82) is 0 Å². The molecule has 0 aliphatic rings. The summed E-state index contributed by atoms with van der Waals surface area (Å²) in [6.07, 6.45) is 1.94. The van der Waals surface area contributed by atoms with Crippen molar-refractivity contribution in [3.05, 3.63) is 16.1 Å². The van der Waals surface area contributed by atoms with Gasteiger partial charge in [-0.25, -0.2) is 4.98 Å². The third-order valence-electron chi connectivity index (χ3n) is 2.17. The maximum atomic E-state index is 8.86. The molecule has 0 saturated heterocycles. The van der Waals surface area contributed by atoms with Crippen molar-refractivity contribution in [2.24, 2.45) is 5.92 Å². The van der Waals surface area contributed by atoms with Crippen LogP contribution in [0.3, 0.4) is 0 Å². The highest BCUT2D eigenvalue weighted by molar-refractivity contribution is 7.11. The summed E-state index contributed by atoms with van der Waals surface area (Å²) in [5.41, 5.74) is 0. The van der Waals surface area contributed by atoms with Crippen molar-refractivity contribution >= 4 is 11.3 Å². The molecule has 0 aliphatic heterocycles. The van der Waals surface area contributed by atoms with E-state index in [2.05, 4.69) is 24.1 Å². The minimum absolute atomic E-state index is 0.243. The van der Waals surface area contributed by atoms with Gasteiger partial charge < -0.3 is 10.4 Å². The topological polar surface area (TPSA) is 45.1 Å². The Kier molecular flexibility index (Phi) is 5.22. The number of rotatable bonds is 6. The molecule has 0 spiro atoms. The average molecular weight is 228 g/mol. The zero-order valence-corrected chi connectivity index (χ0v) is 10.5. The second-order valence-electron chi connectivity index (χ2n) is 4.24. The van der Waals surface area contributed by atoms with Crippen LogP contribution in [0.15, 0.2) is 6.20 Å². The molecule has 4 heteroatoms. The molecule has 1 unspecified atom stereocenters. The number of hydrogen-bond acceptors (Lipinski definition) is 4. The van der Waals surface area contributed by atoms with Gasteiger partial charge in [0.1, 0.15) is 0 Å². The fraction of sp³-hybridized carbons (Fsp3) is 0.727. The summed E-state index contributed by atoms with van der Waals surface area (Å²) >= 11 is 1.76. The molecule has 0 aliphatic carbocycles. The summed E-state index contributed by atoms with van der Waals surface area (Å²) in [4.78, 5) is 5.63. The standard InChI is InChI=1S/C11H20N2OS/c1-8(2)11-13-6-10(15-11)5-12-4-9(3)7-14/h6,8-9,12,14H,4-5,7H2,1-3H3. The number of aliphatic hydroxyl groups is 1. The normalized spacial score (nSPS) is 13.4. The van der Waals surface area contributed by atoms with Crippen LogP contribution in [-0.2, 0) is 6.54 Å². The van der Waals surface area contributed by atoms with E-state index in [-0.39, 0.29) is 6.61 Å². The van der Waals surface area contributed by atoms with Gasteiger partial charge in [-0.15, -0.1) is 11.3 Å². The molecular weight excluding hydrogens is 208 g/mol. The lowest BCUT2D eigenvalue weighted by atomic mass is 10.2. The average Bonchev–Trinajstić information content (AvgIpc) is 2.66. The van der Waals surface area contributed by atoms with Crippen LogP contribution in [0.2, 0.25) is 0 Å². The Bertz CT molecular complexity index is 286. The van der Waals surface area contributed by atoms with Crippen molar-refractivity contribution in [2.75, 3.05) is 13.2 Å². The van der Waals surface area contributed by atoms with E-state index in [0.29, 0.717) is 11.8 Å². The van der Waals surface area contributed by atoms with E-state index < -0.39 is 0 Å². The molecule has 0 aromatic carbocycles. The van der Waals surface area contributed by atoms with E-state index in [4.69, 9.17) is 5.11 Å². The van der Waals surface area contributed by atoms with Gasteiger partial charge in [-0.3, -0.25) is 0 Å². The number of aromatic nitrogens is 1. The Balaban J connectivity index is 2.31. The fourth-order valence-electron chi connectivity index (χ4n) is 1.18. The second-order valence-corrected chi connectivity index (χ2v) is 5.38. The molecular formula is C11H20N2OS. The highest BCUT2D eigenvalue weighted by Crippen LogP contribution is 2.20. The first-order valence-corrected chi connectivity index (χ1v) is 6.21. The van der Waals surface area contributed by atoms with Crippen molar-refractivity contribution in [2.45, 2.75) is 33.2 Å². The van der Waals surface area contributed by atoms with Gasteiger partial charge in [-0.05, 0) is 5.92 Å². The predicted molar refractivity (Wildman–Crippen MR) is 64.2 cm³/mol. The SMILES string of the molecule is CC(CO)CNCc1cnc(C(C)C)s1. The highest BCUT2D eigenvalue weighted by Gasteiger charge is 2.05. The first-order valence-electron chi connectivity index (χ1n) is 5.39. The van der Waals surface area contributed by atoms with E-state index in [9.17, 15) is 0 Å². The molecule has 3 nitrogen and oxygen atoms in total. The first-order chi connectivity index (χ1) is 7.13. The van der Waals surface area contributed by atoms with E-state index >= 15 is 0 Å². The van der Waals surface area contributed by atoms with Crippen molar-refractivity contribution in [1.82, 2.24) is 10.3 Å². The smallest absolute Gasteiger partial charge is 0.0953 e. The molecule has 0 bridgehead atoms. The maximum absolute atomic E-state index is 8.86. The Morgan fingerprint density at radius 3 is 2.73 bits per heavy atom. The molecule has 0 amide bonds. The minimum atomic E-state index is 0.243. The minimum Gasteiger partial charge on any atom is -0.396 e. The Hall–Kier alpha value is -0.450. The lowest BCUT2D eigenvalue weighted by molar-refractivity contribution is 0.233. The maximum Gasteiger partial charge on any atom is 0.0953 e. The fourth-order valence-corrected chi connectivity index (χ4v) is 2.07. The van der Waals surface area contributed by atoms with Crippen LogP contribution in [0.4, 0.5) is 0 Å². The highest BCUT2D eigenvalue weighted by atomic mass is 32.1. The van der Waals surface area contributed by atoms with Gasteiger partial charge >= 0.3 is 0 Å². The molecule has 2 N–H and O–H groups in total. The van der Waals surface area contributed by atoms with E-state index in [1.165, 1.54) is 9.88 Å². The van der Waals surface area contributed by atoms with Crippen LogP contribution < -0.4 is 5.32 Å². The molecule has 0 radical (unpaired) electrons. The molecule has 1 atom stereocenters. The lowest BCUT2D eigenvalue weighted by Gasteiger charge is -2.07. The van der Waals surface area contributed by atoms with Gasteiger partial charge in [0, 0.05) is 36.7 Å². The summed E-state index contributed by atoms with van der Waals surface area (Å²) in [6.45, 7) is 8.29. The summed E-state index contributed by atoms with van der Waals surface area (Å²) < 4.78 is 0. The molecule has 1 aromatic heterocycles. The van der Waals surface area contributed by atoms with Crippen molar-refractivity contribution < 1.29 is 5.11 Å². The van der Waals surface area contributed by atoms with Gasteiger partial charge in [0.2, 0.25) is 0 Å². The zero-order valence-electron chi connectivity index (χ0n) is 9.66. The second kappa shape index (κ2) is 6.20. The summed E-state index contributed by atoms with van der Waals surface area (Å²) in [6, 6.07) is 0. The van der Waals surface area contributed by atoms with Crippen LogP contribution in [-0.4, -0.2) is 23.2 Å². The van der Waals surface area contributed by atoms with Gasteiger partial charge in [-0.2, -0.15) is 0 Å². The molecule has 1 rings (SSSR count). The van der Waals surface area contributed by atoms with Crippen LogP contribution in [0.25, 0.3) is 0 Å². The van der Waals surface area contributed by atoms with E-state index in [1.54, 1.807) is 11.3 Å². The van der Waals surface area contributed by atoms with Gasteiger partial charge in [0.15, 0.2) is 0 Å². The largest absolute Gasteiger partial charge is 0.396 e. The molecule has 15 heavy (non-hydrogen) atoms. The zero-order chi connectivity index (χ0) is 11.3. The lowest BCUT2D eigenvalue weighted by Crippen LogP contribution is -2.22. The number of hydrogen-bond donors (Lipinski definition) is 2. The summed E-state index contributed by atoms with van der Waals surface area (Å²) in [5.74, 6) is 0.836. The predicted octanol–water partition coefficient (Wildman–Crippen LogP) is 1.98. The van der Waals surface area contributed by atoms with E-state index in [1.807, 2.05) is 13.1 Å². The van der Waals surface area contributed by atoms with Crippen LogP contribution >= 0.6 is 11.3 Å². The Morgan fingerprint density at radius 2 is 2.20 bits per heavy atom. The van der Waals surface area contributed by atoms with Gasteiger partial charge in [0.05, 0.1) is 5.01 Å². The summed E-state index contributed by atoms with van der Waals surface area (Å²) in [5, 5.41) is 13.4. The molecule has 1 heterocycles.